The third kappa shape index (κ3) is 9.64. The van der Waals surface area contributed by atoms with E-state index in [-0.39, 0.29) is 43.4 Å². The standard InChI is InChI=1S/C24H28N4O13S3/c1-5-42(32,33)21-13-19(20(43(34,35)36)14-22(21)44(37,38)39)27-26-17-7-6-16(12-18(17)25-15(2)29)28(10-8-23(30)40-3)11-9-24(31)41-4/h5-7,12-14H,1,8-11H2,2-4H3,(H,25,29)(H,34,35,36)(H,37,38,39). The van der Waals surface area contributed by atoms with Gasteiger partial charge in [-0.05, 0) is 30.3 Å². The smallest absolute Gasteiger partial charge is 0.307 e. The highest BCUT2D eigenvalue weighted by Gasteiger charge is 2.29. The summed E-state index contributed by atoms with van der Waals surface area (Å²) in [6, 6.07) is 4.78. The molecule has 20 heteroatoms. The summed E-state index contributed by atoms with van der Waals surface area (Å²) in [5.74, 6) is -1.65. The van der Waals surface area contributed by atoms with Crippen LogP contribution in [0.4, 0.5) is 22.7 Å². The average Bonchev–Trinajstić information content (AvgIpc) is 2.94. The molecule has 17 nitrogen and oxygen atoms in total. The van der Waals surface area contributed by atoms with Gasteiger partial charge in [0.15, 0.2) is 0 Å². The molecule has 44 heavy (non-hydrogen) atoms. The van der Waals surface area contributed by atoms with Crippen molar-refractivity contribution in [3.63, 3.8) is 0 Å². The van der Waals surface area contributed by atoms with Crippen LogP contribution in [0, 0.1) is 0 Å². The molecule has 0 aliphatic rings. The van der Waals surface area contributed by atoms with Crippen LogP contribution in [0.2, 0.25) is 0 Å². The van der Waals surface area contributed by atoms with Crippen LogP contribution in [-0.4, -0.2) is 79.5 Å². The maximum absolute atomic E-state index is 12.5. The summed E-state index contributed by atoms with van der Waals surface area (Å²) in [5.41, 5.74) is -0.605. The summed E-state index contributed by atoms with van der Waals surface area (Å²) >= 11 is 0. The van der Waals surface area contributed by atoms with Crippen molar-refractivity contribution in [2.75, 3.05) is 37.5 Å². The predicted octanol–water partition coefficient (Wildman–Crippen LogP) is 2.40. The zero-order chi connectivity index (χ0) is 33.5. The number of nitrogens with one attached hydrogen (secondary N) is 1. The molecule has 240 valence electrons. The number of methoxy groups -OCH3 is 2. The molecular formula is C24H28N4O13S3. The number of carbonyl (C=O) groups is 3. The van der Waals surface area contributed by atoms with Gasteiger partial charge in [-0.2, -0.15) is 16.8 Å². The van der Waals surface area contributed by atoms with Crippen molar-refractivity contribution < 1.29 is 58.2 Å². The molecule has 0 fully saturated rings. The molecule has 0 unspecified atom stereocenters. The molecule has 2 aromatic carbocycles. The van der Waals surface area contributed by atoms with Crippen LogP contribution < -0.4 is 10.2 Å². The maximum atomic E-state index is 12.5. The Hall–Kier alpha value is -4.24. The Kier molecular flexibility index (Phi) is 11.8. The molecule has 3 N–H and O–H groups in total. The fourth-order valence-electron chi connectivity index (χ4n) is 3.56. The maximum Gasteiger partial charge on any atom is 0.307 e. The van der Waals surface area contributed by atoms with Crippen molar-refractivity contribution in [2.24, 2.45) is 10.2 Å². The number of carbonyl (C=O) groups excluding carboxylic acids is 3. The number of esters is 2. The van der Waals surface area contributed by atoms with Crippen LogP contribution in [0.5, 0.6) is 0 Å². The van der Waals surface area contributed by atoms with Crippen molar-refractivity contribution >= 4 is 70.7 Å². The van der Waals surface area contributed by atoms with Gasteiger partial charge in [-0.15, -0.1) is 10.2 Å². The van der Waals surface area contributed by atoms with Crippen LogP contribution in [-0.2, 0) is 53.9 Å². The van der Waals surface area contributed by atoms with Crippen molar-refractivity contribution in [3.8, 4) is 0 Å². The summed E-state index contributed by atoms with van der Waals surface area (Å²) in [4.78, 5) is 33.3. The molecule has 0 aliphatic carbocycles. The Morgan fingerprint density at radius 3 is 1.82 bits per heavy atom. The second-order valence-corrected chi connectivity index (χ2v) is 13.3. The van der Waals surface area contributed by atoms with Crippen molar-refractivity contribution in [3.05, 3.63) is 42.3 Å². The molecule has 0 bridgehead atoms. The van der Waals surface area contributed by atoms with E-state index in [9.17, 15) is 48.7 Å². The van der Waals surface area contributed by atoms with E-state index >= 15 is 0 Å². The van der Waals surface area contributed by atoms with Crippen LogP contribution in [0.3, 0.4) is 0 Å². The summed E-state index contributed by atoms with van der Waals surface area (Å²) in [6.45, 7) is 4.40. The molecule has 2 aromatic rings. The minimum absolute atomic E-state index is 0.0122. The monoisotopic (exact) mass is 676 g/mol. The lowest BCUT2D eigenvalue weighted by Crippen LogP contribution is -2.29. The minimum Gasteiger partial charge on any atom is -0.469 e. The molecule has 1 amide bonds. The van der Waals surface area contributed by atoms with Crippen LogP contribution in [0.25, 0.3) is 0 Å². The molecule has 0 radical (unpaired) electrons. The van der Waals surface area contributed by atoms with Gasteiger partial charge >= 0.3 is 11.9 Å². The lowest BCUT2D eigenvalue weighted by Gasteiger charge is -2.25. The highest BCUT2D eigenvalue weighted by atomic mass is 32.2. The summed E-state index contributed by atoms with van der Waals surface area (Å²) in [7, 11) is -12.8. The quantitative estimate of drug-likeness (QED) is 0.148. The SMILES string of the molecule is C=CS(=O)(=O)c1cc(N=Nc2ccc(N(CCC(=O)OC)CCC(=O)OC)cc2NC(C)=O)c(S(=O)(=O)O)cc1S(=O)(=O)O. The van der Waals surface area contributed by atoms with E-state index < -0.39 is 68.3 Å². The summed E-state index contributed by atoms with van der Waals surface area (Å²) < 4.78 is 101. The Labute approximate surface area is 253 Å². The summed E-state index contributed by atoms with van der Waals surface area (Å²) in [5, 5.41) is 10.4. The second kappa shape index (κ2) is 14.5. The van der Waals surface area contributed by atoms with Gasteiger partial charge in [0.2, 0.25) is 15.7 Å². The van der Waals surface area contributed by atoms with Gasteiger partial charge in [-0.25, -0.2) is 8.42 Å². The van der Waals surface area contributed by atoms with E-state index in [0.29, 0.717) is 17.2 Å². The first-order valence-electron chi connectivity index (χ1n) is 12.1. The Morgan fingerprint density at radius 1 is 0.841 bits per heavy atom. The average molecular weight is 677 g/mol. The number of rotatable bonds is 14. The second-order valence-electron chi connectivity index (χ2n) is 8.65. The lowest BCUT2D eigenvalue weighted by atomic mass is 10.2. The molecule has 0 aliphatic heterocycles. The topological polar surface area (TPSA) is 253 Å². The van der Waals surface area contributed by atoms with Gasteiger partial charge in [0.05, 0.1) is 37.6 Å². The van der Waals surface area contributed by atoms with Crippen LogP contribution >= 0.6 is 0 Å². The van der Waals surface area contributed by atoms with Crippen LogP contribution in [0.1, 0.15) is 19.8 Å². The van der Waals surface area contributed by atoms with Crippen LogP contribution in [0.15, 0.2) is 67.2 Å². The van der Waals surface area contributed by atoms with Gasteiger partial charge in [0, 0.05) is 31.1 Å². The molecule has 0 heterocycles. The number of azo groups is 1. The highest BCUT2D eigenvalue weighted by Crippen LogP contribution is 2.37. The first-order chi connectivity index (χ1) is 20.3. The van der Waals surface area contributed by atoms with E-state index in [1.165, 1.54) is 32.4 Å². The fourth-order valence-corrected chi connectivity index (χ4v) is 6.31. The fraction of sp³-hybridized carbons (Fsp3) is 0.292. The normalized spacial score (nSPS) is 12.0. The number of anilines is 2. The van der Waals surface area contributed by atoms with Crippen molar-refractivity contribution in [1.29, 1.82) is 0 Å². The van der Waals surface area contributed by atoms with Gasteiger partial charge in [0.25, 0.3) is 20.2 Å². The van der Waals surface area contributed by atoms with E-state index in [1.54, 1.807) is 4.90 Å². The zero-order valence-electron chi connectivity index (χ0n) is 23.5. The Morgan fingerprint density at radius 2 is 1.36 bits per heavy atom. The number of ether oxygens (including phenoxy) is 2. The number of benzene rings is 2. The predicted molar refractivity (Wildman–Crippen MR) is 154 cm³/mol. The first kappa shape index (κ1) is 36.0. The van der Waals surface area contributed by atoms with E-state index in [2.05, 4.69) is 31.6 Å². The van der Waals surface area contributed by atoms with Gasteiger partial charge < -0.3 is 19.7 Å². The van der Waals surface area contributed by atoms with E-state index in [1.807, 2.05) is 0 Å². The van der Waals surface area contributed by atoms with E-state index in [0.717, 1.165) is 6.92 Å². The number of nitrogens with zero attached hydrogens (tertiary/aromatic N) is 3. The molecule has 0 aromatic heterocycles. The largest absolute Gasteiger partial charge is 0.469 e. The minimum atomic E-state index is -5.34. The molecule has 0 atom stereocenters. The third-order valence-electron chi connectivity index (χ3n) is 5.66. The van der Waals surface area contributed by atoms with Gasteiger partial charge in [-0.1, -0.05) is 6.58 Å². The molecule has 0 saturated carbocycles. The number of sulfone groups is 1. The number of amides is 1. The van der Waals surface area contributed by atoms with Gasteiger partial charge in [0.1, 0.15) is 21.2 Å². The number of hydrogen-bond donors (Lipinski definition) is 3. The Balaban J connectivity index is 2.74. The molecular weight excluding hydrogens is 648 g/mol. The zero-order valence-corrected chi connectivity index (χ0v) is 25.9. The molecule has 0 spiro atoms. The summed E-state index contributed by atoms with van der Waals surface area (Å²) in [6.07, 6.45) is -0.134. The highest BCUT2D eigenvalue weighted by molar-refractivity contribution is 7.95. The first-order valence-corrected chi connectivity index (χ1v) is 16.5. The lowest BCUT2D eigenvalue weighted by molar-refractivity contribution is -0.140. The molecule has 0 saturated heterocycles. The van der Waals surface area contributed by atoms with Crippen molar-refractivity contribution in [2.45, 2.75) is 34.5 Å². The third-order valence-corrected chi connectivity index (χ3v) is 8.95. The van der Waals surface area contributed by atoms with E-state index in [4.69, 9.17) is 0 Å². The van der Waals surface area contributed by atoms with Gasteiger partial charge in [-0.3, -0.25) is 23.5 Å². The Bertz CT molecular complexity index is 1800. The molecule has 2 rings (SSSR count). The van der Waals surface area contributed by atoms with Crippen molar-refractivity contribution in [1.82, 2.24) is 0 Å². The number of hydrogen-bond acceptors (Lipinski definition) is 14.